The summed E-state index contributed by atoms with van der Waals surface area (Å²) in [5.74, 6) is -0.395. The van der Waals surface area contributed by atoms with Crippen molar-refractivity contribution in [1.82, 2.24) is 0 Å². The number of unbranched alkanes of at least 4 members (excludes halogenated alkanes) is 3. The third kappa shape index (κ3) is 4.88. The molecule has 0 fully saturated rings. The van der Waals surface area contributed by atoms with Crippen molar-refractivity contribution < 1.29 is 4.39 Å². The molecule has 1 atom stereocenters. The number of benzene rings is 1. The van der Waals surface area contributed by atoms with E-state index in [2.05, 4.69) is 6.58 Å². The summed E-state index contributed by atoms with van der Waals surface area (Å²) >= 11 is 5.72. The monoisotopic (exact) mass is 255 g/mol. The Morgan fingerprint density at radius 1 is 1.35 bits per heavy atom. The van der Waals surface area contributed by atoms with Gasteiger partial charge in [0.1, 0.15) is 5.82 Å². The average Bonchev–Trinajstić information content (AvgIpc) is 2.32. The van der Waals surface area contributed by atoms with Gasteiger partial charge in [-0.05, 0) is 37.0 Å². The van der Waals surface area contributed by atoms with Gasteiger partial charge in [-0.15, -0.1) is 6.58 Å². The number of allylic oxidation sites excluding steroid dienone is 1. The first kappa shape index (κ1) is 14.2. The van der Waals surface area contributed by atoms with Gasteiger partial charge in [0.25, 0.3) is 0 Å². The van der Waals surface area contributed by atoms with Crippen LogP contribution >= 0.6 is 11.6 Å². The number of rotatable bonds is 7. The van der Waals surface area contributed by atoms with Gasteiger partial charge in [0.2, 0.25) is 0 Å². The van der Waals surface area contributed by atoms with Gasteiger partial charge in [-0.1, -0.05) is 36.6 Å². The van der Waals surface area contributed by atoms with Crippen molar-refractivity contribution in [1.29, 1.82) is 0 Å². The second kappa shape index (κ2) is 7.46. The molecule has 0 saturated carbocycles. The summed E-state index contributed by atoms with van der Waals surface area (Å²) in [6.07, 6.45) is 7.26. The highest BCUT2D eigenvalue weighted by Gasteiger charge is 2.08. The first-order valence-corrected chi connectivity index (χ1v) is 6.34. The van der Waals surface area contributed by atoms with Crippen LogP contribution in [0.25, 0.3) is 0 Å². The summed E-state index contributed by atoms with van der Waals surface area (Å²) in [6, 6.07) is 4.63. The van der Waals surface area contributed by atoms with Crippen molar-refractivity contribution in [2.24, 2.45) is 5.73 Å². The van der Waals surface area contributed by atoms with E-state index >= 15 is 0 Å². The molecular formula is C14H19ClFN. The Labute approximate surface area is 107 Å². The predicted octanol–water partition coefficient (Wildman–Crippen LogP) is 4.62. The van der Waals surface area contributed by atoms with Gasteiger partial charge in [-0.3, -0.25) is 0 Å². The van der Waals surface area contributed by atoms with Gasteiger partial charge in [0.15, 0.2) is 0 Å². The van der Waals surface area contributed by atoms with Gasteiger partial charge in [0, 0.05) is 6.04 Å². The smallest absolute Gasteiger partial charge is 0.141 e. The highest BCUT2D eigenvalue weighted by atomic mass is 35.5. The number of hydrogen-bond donors (Lipinski definition) is 1. The number of hydrogen-bond acceptors (Lipinski definition) is 1. The molecule has 0 amide bonds. The second-order valence-corrected chi connectivity index (χ2v) is 4.61. The van der Waals surface area contributed by atoms with Crippen molar-refractivity contribution >= 4 is 11.6 Å². The first-order chi connectivity index (χ1) is 8.15. The fourth-order valence-electron chi connectivity index (χ4n) is 1.74. The molecule has 0 radical (unpaired) electrons. The van der Waals surface area contributed by atoms with Crippen molar-refractivity contribution in [2.45, 2.75) is 38.1 Å². The van der Waals surface area contributed by atoms with Gasteiger partial charge in [0.05, 0.1) is 5.02 Å². The largest absolute Gasteiger partial charge is 0.324 e. The predicted molar refractivity (Wildman–Crippen MR) is 71.6 cm³/mol. The van der Waals surface area contributed by atoms with Crippen LogP contribution in [0.2, 0.25) is 5.02 Å². The lowest BCUT2D eigenvalue weighted by molar-refractivity contribution is 0.570. The molecule has 94 valence electrons. The zero-order valence-electron chi connectivity index (χ0n) is 9.96. The third-order valence-corrected chi connectivity index (χ3v) is 3.08. The molecule has 1 rings (SSSR count). The maximum absolute atomic E-state index is 13.0. The highest BCUT2D eigenvalue weighted by Crippen LogP contribution is 2.23. The molecule has 17 heavy (non-hydrogen) atoms. The molecular weight excluding hydrogens is 237 g/mol. The lowest BCUT2D eigenvalue weighted by Crippen LogP contribution is -2.10. The van der Waals surface area contributed by atoms with E-state index in [0.29, 0.717) is 0 Å². The molecule has 3 heteroatoms. The standard InChI is InChI=1S/C14H19ClFN/c1-2-3-4-5-6-7-14(17)11-8-9-13(16)12(15)10-11/h2,8-10,14H,1,3-7,17H2. The summed E-state index contributed by atoms with van der Waals surface area (Å²) in [5, 5.41) is 0.143. The Bertz CT molecular complexity index is 365. The third-order valence-electron chi connectivity index (χ3n) is 2.80. The summed E-state index contributed by atoms with van der Waals surface area (Å²) < 4.78 is 13.0. The molecule has 2 N–H and O–H groups in total. The maximum Gasteiger partial charge on any atom is 0.141 e. The molecule has 0 aliphatic heterocycles. The molecule has 0 heterocycles. The van der Waals surface area contributed by atoms with E-state index in [1.54, 1.807) is 12.1 Å². The molecule has 0 aromatic heterocycles. The molecule has 1 aromatic carbocycles. The molecule has 0 spiro atoms. The Balaban J connectivity index is 2.38. The Kier molecular flexibility index (Phi) is 6.23. The normalized spacial score (nSPS) is 12.4. The van der Waals surface area contributed by atoms with Crippen molar-refractivity contribution in [2.75, 3.05) is 0 Å². The van der Waals surface area contributed by atoms with Crippen LogP contribution in [0, 0.1) is 5.82 Å². The van der Waals surface area contributed by atoms with E-state index in [4.69, 9.17) is 17.3 Å². The van der Waals surface area contributed by atoms with E-state index in [1.807, 2.05) is 6.08 Å². The summed E-state index contributed by atoms with van der Waals surface area (Å²) in [5.41, 5.74) is 6.93. The number of nitrogens with two attached hydrogens (primary N) is 1. The lowest BCUT2D eigenvalue weighted by atomic mass is 10.0. The van der Waals surface area contributed by atoms with E-state index in [1.165, 1.54) is 6.07 Å². The minimum atomic E-state index is -0.395. The Morgan fingerprint density at radius 2 is 2.12 bits per heavy atom. The zero-order chi connectivity index (χ0) is 12.7. The Hall–Kier alpha value is -0.860. The van der Waals surface area contributed by atoms with Crippen molar-refractivity contribution in [3.63, 3.8) is 0 Å². The highest BCUT2D eigenvalue weighted by molar-refractivity contribution is 6.30. The molecule has 1 unspecified atom stereocenters. The van der Waals surface area contributed by atoms with Crippen LogP contribution in [-0.4, -0.2) is 0 Å². The summed E-state index contributed by atoms with van der Waals surface area (Å²) in [6.45, 7) is 3.68. The maximum atomic E-state index is 13.0. The average molecular weight is 256 g/mol. The van der Waals surface area contributed by atoms with Gasteiger partial charge < -0.3 is 5.73 Å². The van der Waals surface area contributed by atoms with E-state index in [-0.39, 0.29) is 11.1 Å². The molecule has 1 nitrogen and oxygen atoms in total. The van der Waals surface area contributed by atoms with E-state index < -0.39 is 5.82 Å². The Morgan fingerprint density at radius 3 is 2.76 bits per heavy atom. The fourth-order valence-corrected chi connectivity index (χ4v) is 1.93. The minimum Gasteiger partial charge on any atom is -0.324 e. The van der Waals surface area contributed by atoms with E-state index in [9.17, 15) is 4.39 Å². The van der Waals surface area contributed by atoms with E-state index in [0.717, 1.165) is 37.7 Å². The SMILES string of the molecule is C=CCCCCCC(N)c1ccc(F)c(Cl)c1. The minimum absolute atomic E-state index is 0.0585. The number of halogens is 2. The second-order valence-electron chi connectivity index (χ2n) is 4.21. The molecule has 1 aromatic rings. The van der Waals surface area contributed by atoms with Gasteiger partial charge in [-0.25, -0.2) is 4.39 Å². The molecule has 0 saturated heterocycles. The van der Waals surface area contributed by atoms with Crippen LogP contribution in [0.1, 0.15) is 43.7 Å². The molecule has 0 aliphatic carbocycles. The summed E-state index contributed by atoms with van der Waals surface area (Å²) in [7, 11) is 0. The molecule has 0 aliphatic rings. The summed E-state index contributed by atoms with van der Waals surface area (Å²) in [4.78, 5) is 0. The van der Waals surface area contributed by atoms with Gasteiger partial charge >= 0.3 is 0 Å². The van der Waals surface area contributed by atoms with Crippen LogP contribution in [0.5, 0.6) is 0 Å². The van der Waals surface area contributed by atoms with Gasteiger partial charge in [-0.2, -0.15) is 0 Å². The van der Waals surface area contributed by atoms with Crippen LogP contribution in [0.15, 0.2) is 30.9 Å². The topological polar surface area (TPSA) is 26.0 Å². The first-order valence-electron chi connectivity index (χ1n) is 5.96. The van der Waals surface area contributed by atoms with Crippen molar-refractivity contribution in [3.05, 3.63) is 47.3 Å². The quantitative estimate of drug-likeness (QED) is 0.559. The molecule has 0 bridgehead atoms. The van der Waals surface area contributed by atoms with Crippen LogP contribution in [0.3, 0.4) is 0 Å². The zero-order valence-corrected chi connectivity index (χ0v) is 10.7. The van der Waals surface area contributed by atoms with Crippen LogP contribution in [0.4, 0.5) is 4.39 Å². The van der Waals surface area contributed by atoms with Crippen LogP contribution in [-0.2, 0) is 0 Å². The fraction of sp³-hybridized carbons (Fsp3) is 0.429. The lowest BCUT2D eigenvalue weighted by Gasteiger charge is -2.12. The van der Waals surface area contributed by atoms with Crippen LogP contribution < -0.4 is 5.73 Å². The van der Waals surface area contributed by atoms with Crippen molar-refractivity contribution in [3.8, 4) is 0 Å².